The van der Waals surface area contributed by atoms with E-state index in [-0.39, 0.29) is 24.3 Å². The predicted octanol–water partition coefficient (Wildman–Crippen LogP) is 4.45. The molecule has 146 valence electrons. The van der Waals surface area contributed by atoms with Crippen LogP contribution in [-0.4, -0.2) is 16.7 Å². The maximum Gasteiger partial charge on any atom is 0.225 e. The quantitative estimate of drug-likeness (QED) is 0.612. The van der Waals surface area contributed by atoms with Gasteiger partial charge in [-0.05, 0) is 36.1 Å². The van der Waals surface area contributed by atoms with Crippen molar-refractivity contribution in [2.24, 2.45) is 0 Å². The average Bonchev–Trinajstić information content (AvgIpc) is 3.35. The molecule has 0 bridgehead atoms. The summed E-state index contributed by atoms with van der Waals surface area (Å²) in [6, 6.07) is 15.2. The number of nitrogens with zero attached hydrogens (tertiary/aromatic N) is 1. The van der Waals surface area contributed by atoms with E-state index < -0.39 is 0 Å². The molecule has 1 atom stereocenters. The second-order valence-corrected chi connectivity index (χ2v) is 7.81. The lowest BCUT2D eigenvalue weighted by molar-refractivity contribution is -0.133. The van der Waals surface area contributed by atoms with Crippen molar-refractivity contribution in [3.05, 3.63) is 81.9 Å². The second-order valence-electron chi connectivity index (χ2n) is 6.78. The molecule has 0 aliphatic carbocycles. The third kappa shape index (κ3) is 5.57. The number of rotatable bonds is 8. The number of hydrogen-bond acceptors (Lipinski definition) is 4. The molecule has 1 aromatic carbocycles. The van der Waals surface area contributed by atoms with Crippen molar-refractivity contribution in [3.8, 4) is 0 Å². The first-order valence-electron chi connectivity index (χ1n) is 9.17. The van der Waals surface area contributed by atoms with Crippen LogP contribution in [0.2, 0.25) is 0 Å². The molecule has 3 rings (SSSR count). The van der Waals surface area contributed by atoms with Crippen LogP contribution >= 0.6 is 11.3 Å². The van der Waals surface area contributed by atoms with Gasteiger partial charge in [0, 0.05) is 11.8 Å². The second kappa shape index (κ2) is 9.37. The van der Waals surface area contributed by atoms with Gasteiger partial charge in [-0.15, -0.1) is 11.3 Å². The van der Waals surface area contributed by atoms with Crippen LogP contribution in [0.25, 0.3) is 0 Å². The van der Waals surface area contributed by atoms with E-state index in [1.807, 2.05) is 60.8 Å². The summed E-state index contributed by atoms with van der Waals surface area (Å²) < 4.78 is 5.44. The van der Waals surface area contributed by atoms with E-state index in [0.717, 1.165) is 21.8 Å². The summed E-state index contributed by atoms with van der Waals surface area (Å²) in [5.41, 5.74) is 2.05. The third-order valence-corrected chi connectivity index (χ3v) is 5.30. The predicted molar refractivity (Wildman–Crippen MR) is 110 cm³/mol. The van der Waals surface area contributed by atoms with Gasteiger partial charge in [-0.2, -0.15) is 0 Å². The van der Waals surface area contributed by atoms with Crippen molar-refractivity contribution in [2.75, 3.05) is 0 Å². The number of nitrogens with one attached hydrogen (secondary N) is 1. The fourth-order valence-corrected chi connectivity index (χ4v) is 3.73. The summed E-state index contributed by atoms with van der Waals surface area (Å²) >= 11 is 1.61. The molecule has 1 unspecified atom stereocenters. The number of hydrogen-bond donors (Lipinski definition) is 1. The van der Waals surface area contributed by atoms with Crippen LogP contribution in [-0.2, 0) is 22.7 Å². The Kier molecular flexibility index (Phi) is 6.66. The number of benzene rings is 1. The van der Waals surface area contributed by atoms with E-state index in [1.165, 1.54) is 6.92 Å². The first-order chi connectivity index (χ1) is 13.5. The topological polar surface area (TPSA) is 62.6 Å². The van der Waals surface area contributed by atoms with Gasteiger partial charge in [0.1, 0.15) is 5.76 Å². The van der Waals surface area contributed by atoms with Crippen LogP contribution in [0.3, 0.4) is 0 Å². The van der Waals surface area contributed by atoms with Gasteiger partial charge in [-0.3, -0.25) is 9.59 Å². The lowest BCUT2D eigenvalue weighted by Crippen LogP contribution is -2.35. The van der Waals surface area contributed by atoms with Gasteiger partial charge in [0.15, 0.2) is 0 Å². The molecule has 0 aliphatic heterocycles. The molecule has 1 N–H and O–H groups in total. The number of thiophene rings is 1. The smallest absolute Gasteiger partial charge is 0.225 e. The molecule has 5 nitrogen and oxygen atoms in total. The number of aryl methyl sites for hydroxylation is 1. The molecule has 0 saturated carbocycles. The summed E-state index contributed by atoms with van der Waals surface area (Å²) in [7, 11) is 0. The molecular weight excluding hydrogens is 372 g/mol. The Balaban J connectivity index is 1.78. The molecule has 2 heterocycles. The molecule has 2 aromatic heterocycles. The molecule has 0 saturated heterocycles. The molecule has 28 heavy (non-hydrogen) atoms. The van der Waals surface area contributed by atoms with E-state index in [2.05, 4.69) is 5.32 Å². The number of carbonyl (C=O) groups excluding carboxylic acids is 2. The monoisotopic (exact) mass is 396 g/mol. The summed E-state index contributed by atoms with van der Waals surface area (Å²) in [5.74, 6) is 0.537. The minimum absolute atomic E-state index is 0.0378. The highest BCUT2D eigenvalue weighted by atomic mass is 32.1. The van der Waals surface area contributed by atoms with Gasteiger partial charge >= 0.3 is 0 Å². The fraction of sp³-hybridized carbons (Fsp3) is 0.273. The van der Waals surface area contributed by atoms with Crippen molar-refractivity contribution < 1.29 is 14.0 Å². The van der Waals surface area contributed by atoms with Gasteiger partial charge in [-0.1, -0.05) is 35.9 Å². The van der Waals surface area contributed by atoms with Crippen molar-refractivity contribution >= 4 is 23.2 Å². The Morgan fingerprint density at radius 1 is 1.11 bits per heavy atom. The minimum atomic E-state index is -0.368. The van der Waals surface area contributed by atoms with Crippen LogP contribution in [0.15, 0.2) is 64.6 Å². The zero-order valence-electron chi connectivity index (χ0n) is 16.1. The van der Waals surface area contributed by atoms with Gasteiger partial charge in [-0.25, -0.2) is 0 Å². The van der Waals surface area contributed by atoms with Crippen LogP contribution in [0.1, 0.15) is 41.2 Å². The molecule has 0 aliphatic rings. The van der Waals surface area contributed by atoms with E-state index in [1.54, 1.807) is 22.5 Å². The van der Waals surface area contributed by atoms with Gasteiger partial charge in [0.25, 0.3) is 0 Å². The Morgan fingerprint density at radius 2 is 1.89 bits per heavy atom. The first kappa shape index (κ1) is 19.9. The van der Waals surface area contributed by atoms with Gasteiger partial charge < -0.3 is 14.6 Å². The lowest BCUT2D eigenvalue weighted by Gasteiger charge is -2.25. The maximum atomic E-state index is 13.2. The average molecular weight is 397 g/mol. The standard InChI is InChI=1S/C22H24N2O3S/c1-16-7-9-18(10-8-16)21(23-17(2)25)13-22(26)24(14-19-5-3-11-27-19)15-20-6-4-12-28-20/h3-12,21H,13-15H2,1-2H3,(H,23,25). The summed E-state index contributed by atoms with van der Waals surface area (Å²) in [6.45, 7) is 4.38. The number of carbonyl (C=O) groups is 2. The van der Waals surface area contributed by atoms with E-state index in [0.29, 0.717) is 13.1 Å². The van der Waals surface area contributed by atoms with Crippen LogP contribution in [0.5, 0.6) is 0 Å². The Labute approximate surface area is 169 Å². The van der Waals surface area contributed by atoms with Crippen molar-refractivity contribution in [1.29, 1.82) is 0 Å². The summed E-state index contributed by atoms with van der Waals surface area (Å²) in [4.78, 5) is 27.7. The molecule has 2 amide bonds. The molecule has 0 fully saturated rings. The molecular formula is C22H24N2O3S. The summed E-state index contributed by atoms with van der Waals surface area (Å²) in [6.07, 6.45) is 1.80. The minimum Gasteiger partial charge on any atom is -0.467 e. The largest absolute Gasteiger partial charge is 0.467 e. The van der Waals surface area contributed by atoms with Gasteiger partial charge in [0.2, 0.25) is 11.8 Å². The van der Waals surface area contributed by atoms with Crippen LogP contribution in [0, 0.1) is 6.92 Å². The Bertz CT molecular complexity index is 850. The van der Waals surface area contributed by atoms with Crippen LogP contribution in [0.4, 0.5) is 0 Å². The normalized spacial score (nSPS) is 11.8. The highest BCUT2D eigenvalue weighted by Gasteiger charge is 2.22. The van der Waals surface area contributed by atoms with E-state index >= 15 is 0 Å². The molecule has 0 radical (unpaired) electrons. The van der Waals surface area contributed by atoms with Gasteiger partial charge in [0.05, 0.1) is 31.8 Å². The van der Waals surface area contributed by atoms with E-state index in [4.69, 9.17) is 4.42 Å². The fourth-order valence-electron chi connectivity index (χ4n) is 3.01. The molecule has 6 heteroatoms. The molecule has 3 aromatic rings. The maximum absolute atomic E-state index is 13.2. The van der Waals surface area contributed by atoms with Crippen LogP contribution < -0.4 is 5.32 Å². The zero-order valence-corrected chi connectivity index (χ0v) is 16.9. The van der Waals surface area contributed by atoms with Crippen molar-refractivity contribution in [1.82, 2.24) is 10.2 Å². The number of furan rings is 1. The zero-order chi connectivity index (χ0) is 19.9. The lowest BCUT2D eigenvalue weighted by atomic mass is 10.0. The molecule has 0 spiro atoms. The highest BCUT2D eigenvalue weighted by molar-refractivity contribution is 7.09. The summed E-state index contributed by atoms with van der Waals surface area (Å²) in [5, 5.41) is 4.91. The Morgan fingerprint density at radius 3 is 2.50 bits per heavy atom. The SMILES string of the molecule is CC(=O)NC(CC(=O)N(Cc1ccco1)Cc1cccs1)c1ccc(C)cc1. The number of amides is 2. The van der Waals surface area contributed by atoms with E-state index in [9.17, 15) is 9.59 Å². The highest BCUT2D eigenvalue weighted by Crippen LogP contribution is 2.22. The van der Waals surface area contributed by atoms with Crippen molar-refractivity contribution in [3.63, 3.8) is 0 Å². The van der Waals surface area contributed by atoms with Crippen molar-refractivity contribution in [2.45, 2.75) is 39.4 Å². The Hall–Kier alpha value is -2.86. The third-order valence-electron chi connectivity index (χ3n) is 4.44. The first-order valence-corrected chi connectivity index (χ1v) is 10.1.